The second kappa shape index (κ2) is 5.66. The molecule has 0 spiro atoms. The van der Waals surface area contributed by atoms with E-state index in [1.807, 2.05) is 0 Å². The van der Waals surface area contributed by atoms with Crippen LogP contribution in [-0.4, -0.2) is 10.8 Å². The van der Waals surface area contributed by atoms with Crippen LogP contribution in [-0.2, 0) is 6.18 Å². The van der Waals surface area contributed by atoms with E-state index in [9.17, 15) is 18.0 Å². The topological polar surface area (TPSA) is 30.0 Å². The molecule has 0 unspecified atom stereocenters. The molecule has 3 rings (SSSR count). The lowest BCUT2D eigenvalue weighted by Crippen LogP contribution is -2.09. The van der Waals surface area contributed by atoms with Crippen molar-refractivity contribution in [3.05, 3.63) is 76.4 Å². The molecular weight excluding hydrogens is 327 g/mol. The lowest BCUT2D eigenvalue weighted by Gasteiger charge is -2.11. The molecular formula is C17H9ClF3NO. The van der Waals surface area contributed by atoms with Gasteiger partial charge >= 0.3 is 6.18 Å². The Kier molecular flexibility index (Phi) is 3.82. The molecule has 0 aliphatic heterocycles. The number of carbonyl (C=O) groups excluding carboxylic acids is 1. The third-order valence-corrected chi connectivity index (χ3v) is 3.68. The summed E-state index contributed by atoms with van der Waals surface area (Å²) in [6, 6.07) is 13.1. The van der Waals surface area contributed by atoms with E-state index in [0.717, 1.165) is 6.07 Å². The molecule has 2 nitrogen and oxygen atoms in total. The summed E-state index contributed by atoms with van der Waals surface area (Å²) in [6.45, 7) is 0. The molecule has 0 N–H and O–H groups in total. The summed E-state index contributed by atoms with van der Waals surface area (Å²) >= 11 is 6.06. The molecule has 0 aliphatic rings. The molecule has 0 bridgehead atoms. The number of alkyl halides is 3. The Morgan fingerprint density at radius 2 is 1.70 bits per heavy atom. The van der Waals surface area contributed by atoms with E-state index in [-0.39, 0.29) is 21.6 Å². The number of hydrogen-bond acceptors (Lipinski definition) is 2. The van der Waals surface area contributed by atoms with E-state index in [4.69, 9.17) is 11.6 Å². The monoisotopic (exact) mass is 335 g/mol. The third-order valence-electron chi connectivity index (χ3n) is 3.36. The molecule has 0 fully saturated rings. The zero-order chi connectivity index (χ0) is 16.6. The highest BCUT2D eigenvalue weighted by Crippen LogP contribution is 2.36. The Morgan fingerprint density at radius 3 is 2.35 bits per heavy atom. The van der Waals surface area contributed by atoms with Gasteiger partial charge in [-0.05, 0) is 12.1 Å². The van der Waals surface area contributed by atoms with Gasteiger partial charge in [-0.25, -0.2) is 4.98 Å². The predicted octanol–water partition coefficient (Wildman–Crippen LogP) is 5.14. The quantitative estimate of drug-likeness (QED) is 0.607. The van der Waals surface area contributed by atoms with Crippen molar-refractivity contribution in [3.63, 3.8) is 0 Å². The van der Waals surface area contributed by atoms with E-state index in [1.165, 1.54) is 18.2 Å². The number of aromatic nitrogens is 1. The van der Waals surface area contributed by atoms with Gasteiger partial charge in [-0.2, -0.15) is 13.2 Å². The number of carbonyl (C=O) groups is 1. The molecule has 0 radical (unpaired) electrons. The van der Waals surface area contributed by atoms with Crippen molar-refractivity contribution >= 4 is 28.3 Å². The van der Waals surface area contributed by atoms with E-state index >= 15 is 0 Å². The van der Waals surface area contributed by atoms with Crippen molar-refractivity contribution in [2.24, 2.45) is 0 Å². The Balaban J connectivity index is 2.23. The van der Waals surface area contributed by atoms with Gasteiger partial charge in [-0.3, -0.25) is 4.79 Å². The standard InChI is InChI=1S/C17H9ClF3NO/c18-13-9-14(16(23)10-5-2-1-3-6-10)22-15-11(13)7-4-8-12(15)17(19,20)21/h1-9H. The Bertz CT molecular complexity index is 891. The van der Waals surface area contributed by atoms with E-state index in [1.54, 1.807) is 30.3 Å². The molecule has 0 aliphatic carbocycles. The number of pyridine rings is 1. The number of ketones is 1. The molecule has 116 valence electrons. The molecule has 3 aromatic rings. The molecule has 23 heavy (non-hydrogen) atoms. The first kappa shape index (κ1) is 15.5. The summed E-state index contributed by atoms with van der Waals surface area (Å²) < 4.78 is 39.4. The molecule has 2 aromatic carbocycles. The summed E-state index contributed by atoms with van der Waals surface area (Å²) in [5, 5.41) is 0.214. The van der Waals surface area contributed by atoms with Gasteiger partial charge in [0.1, 0.15) is 5.69 Å². The Morgan fingerprint density at radius 1 is 1.00 bits per heavy atom. The lowest BCUT2D eigenvalue weighted by atomic mass is 10.0. The highest BCUT2D eigenvalue weighted by atomic mass is 35.5. The molecule has 6 heteroatoms. The largest absolute Gasteiger partial charge is 0.418 e. The maximum atomic E-state index is 13.1. The molecule has 1 aromatic heterocycles. The summed E-state index contributed by atoms with van der Waals surface area (Å²) in [6.07, 6.45) is -4.58. The SMILES string of the molecule is O=C(c1ccccc1)c1cc(Cl)c2cccc(C(F)(F)F)c2n1. The van der Waals surface area contributed by atoms with Gasteiger partial charge in [-0.15, -0.1) is 0 Å². The normalized spacial score (nSPS) is 11.7. The summed E-state index contributed by atoms with van der Waals surface area (Å²) in [5.41, 5.74) is -1.03. The van der Waals surface area contributed by atoms with Crippen molar-refractivity contribution in [1.82, 2.24) is 4.98 Å². The first-order chi connectivity index (χ1) is 10.9. The number of fused-ring (bicyclic) bond motifs is 1. The lowest BCUT2D eigenvalue weighted by molar-refractivity contribution is -0.136. The zero-order valence-corrected chi connectivity index (χ0v) is 12.3. The van der Waals surface area contributed by atoms with Crippen LogP contribution in [0.1, 0.15) is 21.6 Å². The number of nitrogens with zero attached hydrogens (tertiary/aromatic N) is 1. The summed E-state index contributed by atoms with van der Waals surface area (Å²) in [5.74, 6) is -0.480. The van der Waals surface area contributed by atoms with Crippen LogP contribution in [0.25, 0.3) is 10.9 Å². The Labute approximate surface area is 134 Å². The van der Waals surface area contributed by atoms with Gasteiger partial charge < -0.3 is 0 Å². The minimum absolute atomic E-state index is 0.0559. The van der Waals surface area contributed by atoms with Crippen LogP contribution in [0.4, 0.5) is 13.2 Å². The average molecular weight is 336 g/mol. The van der Waals surface area contributed by atoms with Crippen molar-refractivity contribution in [1.29, 1.82) is 0 Å². The fourth-order valence-electron chi connectivity index (χ4n) is 2.29. The van der Waals surface area contributed by atoms with Crippen molar-refractivity contribution < 1.29 is 18.0 Å². The number of benzene rings is 2. The predicted molar refractivity (Wildman–Crippen MR) is 81.6 cm³/mol. The first-order valence-electron chi connectivity index (χ1n) is 6.64. The fraction of sp³-hybridized carbons (Fsp3) is 0.0588. The number of halogens is 4. The van der Waals surface area contributed by atoms with Crippen LogP contribution in [0.5, 0.6) is 0 Å². The molecule has 0 atom stereocenters. The van der Waals surface area contributed by atoms with E-state index in [0.29, 0.717) is 5.56 Å². The average Bonchev–Trinajstić information content (AvgIpc) is 2.53. The van der Waals surface area contributed by atoms with Crippen LogP contribution in [0.3, 0.4) is 0 Å². The van der Waals surface area contributed by atoms with Crippen molar-refractivity contribution in [2.75, 3.05) is 0 Å². The second-order valence-corrected chi connectivity index (χ2v) is 5.29. The fourth-order valence-corrected chi connectivity index (χ4v) is 2.55. The molecule has 0 saturated heterocycles. The number of para-hydroxylation sites is 1. The van der Waals surface area contributed by atoms with E-state index in [2.05, 4.69) is 4.98 Å². The minimum atomic E-state index is -4.58. The van der Waals surface area contributed by atoms with Crippen LogP contribution < -0.4 is 0 Å². The Hall–Kier alpha value is -2.40. The summed E-state index contributed by atoms with van der Waals surface area (Å²) in [4.78, 5) is 16.3. The maximum Gasteiger partial charge on any atom is 0.418 e. The maximum absolute atomic E-state index is 13.1. The highest BCUT2D eigenvalue weighted by Gasteiger charge is 2.33. The number of hydrogen-bond donors (Lipinski definition) is 0. The smallest absolute Gasteiger partial charge is 0.287 e. The first-order valence-corrected chi connectivity index (χ1v) is 7.02. The van der Waals surface area contributed by atoms with Crippen molar-refractivity contribution in [2.45, 2.75) is 6.18 Å². The highest BCUT2D eigenvalue weighted by molar-refractivity contribution is 6.36. The third kappa shape index (κ3) is 2.92. The van der Waals surface area contributed by atoms with Crippen LogP contribution in [0, 0.1) is 0 Å². The van der Waals surface area contributed by atoms with Gasteiger partial charge in [0.25, 0.3) is 0 Å². The van der Waals surface area contributed by atoms with Gasteiger partial charge in [0.05, 0.1) is 16.1 Å². The van der Waals surface area contributed by atoms with Crippen LogP contribution in [0.15, 0.2) is 54.6 Å². The second-order valence-electron chi connectivity index (χ2n) is 4.88. The molecule has 0 saturated carbocycles. The van der Waals surface area contributed by atoms with Gasteiger partial charge in [0, 0.05) is 10.9 Å². The minimum Gasteiger partial charge on any atom is -0.287 e. The molecule has 0 amide bonds. The number of rotatable bonds is 2. The van der Waals surface area contributed by atoms with E-state index < -0.39 is 17.5 Å². The van der Waals surface area contributed by atoms with Gasteiger partial charge in [0.2, 0.25) is 5.78 Å². The van der Waals surface area contributed by atoms with Gasteiger partial charge in [0.15, 0.2) is 0 Å². The zero-order valence-electron chi connectivity index (χ0n) is 11.6. The van der Waals surface area contributed by atoms with Crippen LogP contribution >= 0.6 is 11.6 Å². The molecule has 1 heterocycles. The summed E-state index contributed by atoms with van der Waals surface area (Å²) in [7, 11) is 0. The van der Waals surface area contributed by atoms with Gasteiger partial charge in [-0.1, -0.05) is 54.1 Å². The van der Waals surface area contributed by atoms with Crippen molar-refractivity contribution in [3.8, 4) is 0 Å². The van der Waals surface area contributed by atoms with Crippen LogP contribution in [0.2, 0.25) is 5.02 Å².